The fraction of sp³-hybridized carbons (Fsp3) is 0.579. The maximum atomic E-state index is 13.1. The fourth-order valence-electron chi connectivity index (χ4n) is 3.77. The van der Waals surface area contributed by atoms with Crippen molar-refractivity contribution < 1.29 is 13.9 Å². The van der Waals surface area contributed by atoms with E-state index in [9.17, 15) is 9.18 Å². The van der Waals surface area contributed by atoms with Gasteiger partial charge in [0.05, 0.1) is 5.02 Å². The maximum absolute atomic E-state index is 13.1. The number of ether oxygens (including phenoxy) is 1. The molecule has 2 aliphatic rings. The number of aliphatic imine (C=N–C) groups is 1. The second-order valence-corrected chi connectivity index (χ2v) is 7.36. The van der Waals surface area contributed by atoms with Crippen molar-refractivity contribution in [1.29, 1.82) is 0 Å². The van der Waals surface area contributed by atoms with Crippen LogP contribution in [-0.4, -0.2) is 68.0 Å². The molecule has 2 heterocycles. The molecular formula is C19H26ClFN4O2. The van der Waals surface area contributed by atoms with E-state index in [2.05, 4.69) is 10.3 Å². The van der Waals surface area contributed by atoms with E-state index in [0.717, 1.165) is 31.6 Å². The molecule has 0 radical (unpaired) electrons. The molecule has 2 saturated heterocycles. The van der Waals surface area contributed by atoms with Gasteiger partial charge in [0.15, 0.2) is 0 Å². The standard InChI is InChI=1S/C19H26ClFN4O2/c1-22-18(23-2)13-5-8-25(12-13)19(26)24-9-6-15(7-10-24)27-17-4-3-14(21)11-16(17)20/h3-4,11,13,15H,5-10,12H2,1-2H3,(H,22,23). The molecule has 1 aromatic rings. The van der Waals surface area contributed by atoms with Crippen molar-refractivity contribution in [2.24, 2.45) is 10.9 Å². The number of amidine groups is 1. The normalized spacial score (nSPS) is 21.5. The van der Waals surface area contributed by atoms with Gasteiger partial charge in [0, 0.05) is 59.0 Å². The largest absolute Gasteiger partial charge is 0.489 e. The van der Waals surface area contributed by atoms with E-state index < -0.39 is 0 Å². The quantitative estimate of drug-likeness (QED) is 0.631. The van der Waals surface area contributed by atoms with Crippen molar-refractivity contribution in [3.63, 3.8) is 0 Å². The molecule has 1 unspecified atom stereocenters. The Morgan fingerprint density at radius 3 is 2.59 bits per heavy atom. The number of likely N-dealkylation sites (tertiary alicyclic amines) is 2. The minimum Gasteiger partial charge on any atom is -0.489 e. The van der Waals surface area contributed by atoms with Crippen molar-refractivity contribution in [2.45, 2.75) is 25.4 Å². The zero-order chi connectivity index (χ0) is 19.4. The van der Waals surface area contributed by atoms with Crippen molar-refractivity contribution in [1.82, 2.24) is 15.1 Å². The lowest BCUT2D eigenvalue weighted by atomic mass is 10.1. The molecule has 2 fully saturated rings. The van der Waals surface area contributed by atoms with E-state index in [1.54, 1.807) is 13.1 Å². The van der Waals surface area contributed by atoms with E-state index in [1.165, 1.54) is 12.1 Å². The van der Waals surface area contributed by atoms with E-state index in [0.29, 0.717) is 25.4 Å². The Labute approximate surface area is 164 Å². The molecule has 0 aromatic heterocycles. The zero-order valence-corrected chi connectivity index (χ0v) is 16.5. The van der Waals surface area contributed by atoms with Gasteiger partial charge in [-0.3, -0.25) is 4.99 Å². The molecule has 8 heteroatoms. The summed E-state index contributed by atoms with van der Waals surface area (Å²) < 4.78 is 19.0. The van der Waals surface area contributed by atoms with E-state index in [1.807, 2.05) is 16.8 Å². The highest BCUT2D eigenvalue weighted by Gasteiger charge is 2.33. The Hall–Kier alpha value is -2.02. The second-order valence-electron chi connectivity index (χ2n) is 6.95. The number of carbonyl (C=O) groups is 1. The van der Waals surface area contributed by atoms with E-state index in [4.69, 9.17) is 16.3 Å². The molecule has 6 nitrogen and oxygen atoms in total. The van der Waals surface area contributed by atoms with Crippen molar-refractivity contribution in [3.8, 4) is 5.75 Å². The van der Waals surface area contributed by atoms with Crippen LogP contribution >= 0.6 is 11.6 Å². The summed E-state index contributed by atoms with van der Waals surface area (Å²) in [5.41, 5.74) is 0. The minimum atomic E-state index is -0.383. The summed E-state index contributed by atoms with van der Waals surface area (Å²) in [6.07, 6.45) is 2.37. The number of hydrogen-bond acceptors (Lipinski definition) is 3. The van der Waals surface area contributed by atoms with Gasteiger partial charge in [-0.05, 0) is 24.6 Å². The molecule has 0 saturated carbocycles. The Balaban J connectivity index is 1.49. The third-order valence-electron chi connectivity index (χ3n) is 5.24. The lowest BCUT2D eigenvalue weighted by Crippen LogP contribution is -2.48. The number of halogens is 2. The highest BCUT2D eigenvalue weighted by Crippen LogP contribution is 2.28. The third-order valence-corrected chi connectivity index (χ3v) is 5.54. The molecule has 1 atom stereocenters. The fourth-order valence-corrected chi connectivity index (χ4v) is 3.98. The predicted molar refractivity (Wildman–Crippen MR) is 104 cm³/mol. The summed E-state index contributed by atoms with van der Waals surface area (Å²) in [7, 11) is 3.64. The van der Waals surface area contributed by atoms with Crippen LogP contribution in [0.1, 0.15) is 19.3 Å². The molecule has 3 rings (SSSR count). The summed E-state index contributed by atoms with van der Waals surface area (Å²) in [5, 5.41) is 3.39. The number of rotatable bonds is 3. The Kier molecular flexibility index (Phi) is 6.42. The van der Waals surface area contributed by atoms with Gasteiger partial charge in [0.2, 0.25) is 0 Å². The molecule has 0 aliphatic carbocycles. The number of nitrogens with one attached hydrogen (secondary N) is 1. The minimum absolute atomic E-state index is 0.0218. The molecule has 2 aliphatic heterocycles. The van der Waals surface area contributed by atoms with Crippen LogP contribution in [0.4, 0.5) is 9.18 Å². The van der Waals surface area contributed by atoms with Crippen LogP contribution in [0.15, 0.2) is 23.2 Å². The Morgan fingerprint density at radius 1 is 1.26 bits per heavy atom. The number of urea groups is 1. The lowest BCUT2D eigenvalue weighted by Gasteiger charge is -2.34. The first-order valence-electron chi connectivity index (χ1n) is 9.31. The molecule has 1 aromatic carbocycles. The van der Waals surface area contributed by atoms with E-state index in [-0.39, 0.29) is 28.9 Å². The van der Waals surface area contributed by atoms with Gasteiger partial charge >= 0.3 is 6.03 Å². The SMILES string of the molecule is CN=C(NC)C1CCN(C(=O)N2CCC(Oc3ccc(F)cc3Cl)CC2)C1. The predicted octanol–water partition coefficient (Wildman–Crippen LogP) is 3.01. The number of carbonyl (C=O) groups excluding carboxylic acids is 1. The Morgan fingerprint density at radius 2 is 1.96 bits per heavy atom. The van der Waals surface area contributed by atoms with Gasteiger partial charge in [0.25, 0.3) is 0 Å². The highest BCUT2D eigenvalue weighted by atomic mass is 35.5. The summed E-state index contributed by atoms with van der Waals surface area (Å²) in [6.45, 7) is 2.74. The van der Waals surface area contributed by atoms with Crippen molar-refractivity contribution in [2.75, 3.05) is 40.3 Å². The van der Waals surface area contributed by atoms with Crippen LogP contribution in [0.3, 0.4) is 0 Å². The molecule has 1 N–H and O–H groups in total. The van der Waals surface area contributed by atoms with Crippen LogP contribution in [0, 0.1) is 11.7 Å². The van der Waals surface area contributed by atoms with Crippen molar-refractivity contribution in [3.05, 3.63) is 29.0 Å². The van der Waals surface area contributed by atoms with Crippen molar-refractivity contribution >= 4 is 23.5 Å². The van der Waals surface area contributed by atoms with Crippen LogP contribution in [-0.2, 0) is 0 Å². The summed E-state index contributed by atoms with van der Waals surface area (Å²) in [5.74, 6) is 1.34. The first-order chi connectivity index (χ1) is 13.0. The monoisotopic (exact) mass is 396 g/mol. The van der Waals surface area contributed by atoms with Gasteiger partial charge in [-0.25, -0.2) is 9.18 Å². The van der Waals surface area contributed by atoms with Gasteiger partial charge in [-0.1, -0.05) is 11.6 Å². The number of amides is 2. The van der Waals surface area contributed by atoms with Crippen LogP contribution in [0.2, 0.25) is 5.02 Å². The highest BCUT2D eigenvalue weighted by molar-refractivity contribution is 6.32. The second kappa shape index (κ2) is 8.78. The number of piperidine rings is 1. The number of nitrogens with zero attached hydrogens (tertiary/aromatic N) is 3. The molecule has 2 amide bonds. The smallest absolute Gasteiger partial charge is 0.320 e. The molecule has 0 bridgehead atoms. The van der Waals surface area contributed by atoms with Gasteiger partial charge in [0.1, 0.15) is 23.5 Å². The summed E-state index contributed by atoms with van der Waals surface area (Å²) >= 11 is 6.03. The topological polar surface area (TPSA) is 57.2 Å². The van der Waals surface area contributed by atoms with Crippen LogP contribution in [0.25, 0.3) is 0 Å². The first kappa shape index (κ1) is 19.7. The maximum Gasteiger partial charge on any atom is 0.320 e. The van der Waals surface area contributed by atoms with Gasteiger partial charge < -0.3 is 19.9 Å². The van der Waals surface area contributed by atoms with E-state index >= 15 is 0 Å². The van der Waals surface area contributed by atoms with Gasteiger partial charge in [-0.15, -0.1) is 0 Å². The van der Waals surface area contributed by atoms with Crippen LogP contribution < -0.4 is 10.1 Å². The number of benzene rings is 1. The summed E-state index contributed by atoms with van der Waals surface area (Å²) in [6, 6.07) is 4.22. The molecule has 148 valence electrons. The first-order valence-corrected chi connectivity index (χ1v) is 9.69. The third kappa shape index (κ3) is 4.64. The molecule has 0 spiro atoms. The average Bonchev–Trinajstić information content (AvgIpc) is 3.15. The average molecular weight is 397 g/mol. The number of hydrogen-bond donors (Lipinski definition) is 1. The molecule has 27 heavy (non-hydrogen) atoms. The Bertz CT molecular complexity index is 707. The molecular weight excluding hydrogens is 371 g/mol. The lowest BCUT2D eigenvalue weighted by molar-refractivity contribution is 0.0979. The zero-order valence-electron chi connectivity index (χ0n) is 15.8. The summed E-state index contributed by atoms with van der Waals surface area (Å²) in [4.78, 5) is 20.8. The van der Waals surface area contributed by atoms with Crippen LogP contribution in [0.5, 0.6) is 5.75 Å². The van der Waals surface area contributed by atoms with Gasteiger partial charge in [-0.2, -0.15) is 0 Å².